The summed E-state index contributed by atoms with van der Waals surface area (Å²) in [7, 11) is 0. The maximum absolute atomic E-state index is 12.3. The molecule has 0 amide bonds. The highest BCUT2D eigenvalue weighted by Crippen LogP contribution is 2.30. The van der Waals surface area contributed by atoms with Gasteiger partial charge in [-0.15, -0.1) is 0 Å². The number of ketones is 1. The van der Waals surface area contributed by atoms with E-state index in [1.807, 2.05) is 6.92 Å². The lowest BCUT2D eigenvalue weighted by molar-refractivity contribution is 0.0664. The topological polar surface area (TPSA) is 76.7 Å². The monoisotopic (exact) mass is 288 g/mol. The van der Waals surface area contributed by atoms with Crippen molar-refractivity contribution in [2.24, 2.45) is 0 Å². The van der Waals surface area contributed by atoms with Crippen molar-refractivity contribution in [3.05, 3.63) is 41.7 Å². The van der Waals surface area contributed by atoms with Crippen molar-refractivity contribution in [3.63, 3.8) is 0 Å². The summed E-state index contributed by atoms with van der Waals surface area (Å²) in [5.74, 6) is -1.17. The van der Waals surface area contributed by atoms with Crippen molar-refractivity contribution in [1.82, 2.24) is 0 Å². The van der Waals surface area contributed by atoms with Crippen LogP contribution in [0.4, 0.5) is 0 Å². The molecule has 0 spiro atoms. The Bertz CT molecular complexity index is 724. The number of benzene rings is 1. The Labute approximate surface area is 121 Å². The molecule has 5 nitrogen and oxygen atoms in total. The second-order valence-corrected chi connectivity index (χ2v) is 4.52. The number of allylic oxidation sites excluding steroid dienone is 1. The van der Waals surface area contributed by atoms with Crippen molar-refractivity contribution in [2.75, 3.05) is 6.61 Å². The molecule has 0 saturated heterocycles. The van der Waals surface area contributed by atoms with Crippen LogP contribution in [0.3, 0.4) is 0 Å². The average molecular weight is 288 g/mol. The first kappa shape index (κ1) is 14.8. The lowest BCUT2D eigenvalue weighted by atomic mass is 10.0. The van der Waals surface area contributed by atoms with Crippen LogP contribution >= 0.6 is 0 Å². The molecule has 2 rings (SSSR count). The van der Waals surface area contributed by atoms with Gasteiger partial charge in [0, 0.05) is 11.5 Å². The normalized spacial score (nSPS) is 10.6. The molecule has 1 N–H and O–H groups in total. The van der Waals surface area contributed by atoms with Crippen LogP contribution < -0.4 is 4.74 Å². The first-order valence-corrected chi connectivity index (χ1v) is 6.64. The van der Waals surface area contributed by atoms with Gasteiger partial charge in [-0.25, -0.2) is 4.79 Å². The number of fused-ring (bicyclic) bond motifs is 1. The molecule has 0 aliphatic heterocycles. The molecule has 0 aliphatic rings. The minimum absolute atomic E-state index is 0.175. The number of hydrogen-bond donors (Lipinski definition) is 1. The minimum atomic E-state index is -1.16. The summed E-state index contributed by atoms with van der Waals surface area (Å²) >= 11 is 0. The zero-order valence-electron chi connectivity index (χ0n) is 11.9. The van der Waals surface area contributed by atoms with Crippen molar-refractivity contribution in [1.29, 1.82) is 0 Å². The van der Waals surface area contributed by atoms with Gasteiger partial charge < -0.3 is 14.3 Å². The molecule has 21 heavy (non-hydrogen) atoms. The van der Waals surface area contributed by atoms with Gasteiger partial charge in [0.25, 0.3) is 0 Å². The van der Waals surface area contributed by atoms with Crippen LogP contribution in [0, 0.1) is 0 Å². The summed E-state index contributed by atoms with van der Waals surface area (Å²) in [4.78, 5) is 23.3. The Morgan fingerprint density at radius 2 is 2.00 bits per heavy atom. The fourth-order valence-electron chi connectivity index (χ4n) is 1.98. The van der Waals surface area contributed by atoms with Gasteiger partial charge in [0.15, 0.2) is 5.78 Å². The summed E-state index contributed by atoms with van der Waals surface area (Å²) in [6.07, 6.45) is 0.536. The molecule has 2 aromatic rings. The van der Waals surface area contributed by atoms with Crippen molar-refractivity contribution in [3.8, 4) is 5.75 Å². The van der Waals surface area contributed by atoms with Crippen LogP contribution in [0.2, 0.25) is 0 Å². The first-order chi connectivity index (χ1) is 9.97. The largest absolute Gasteiger partial charge is 0.493 e. The van der Waals surface area contributed by atoms with Gasteiger partial charge in [-0.05, 0) is 31.1 Å². The number of Topliss-reactive ketones (excluding diaryl/α,β-unsaturated/α-hetero) is 1. The Balaban J connectivity index is 2.61. The van der Waals surface area contributed by atoms with Gasteiger partial charge in [-0.2, -0.15) is 0 Å². The third kappa shape index (κ3) is 2.81. The number of carbonyl (C=O) groups is 2. The van der Waals surface area contributed by atoms with Gasteiger partial charge in [0.2, 0.25) is 5.76 Å². The van der Waals surface area contributed by atoms with Crippen LogP contribution in [0.25, 0.3) is 11.0 Å². The molecule has 1 aromatic carbocycles. The predicted octanol–water partition coefficient (Wildman–Crippen LogP) is 3.68. The first-order valence-electron chi connectivity index (χ1n) is 6.64. The third-order valence-corrected chi connectivity index (χ3v) is 3.12. The summed E-state index contributed by atoms with van der Waals surface area (Å²) < 4.78 is 10.7. The van der Waals surface area contributed by atoms with E-state index in [4.69, 9.17) is 14.3 Å². The number of furan rings is 1. The fourth-order valence-corrected chi connectivity index (χ4v) is 1.98. The summed E-state index contributed by atoms with van der Waals surface area (Å²) in [6, 6.07) is 4.51. The highest BCUT2D eigenvalue weighted by molar-refractivity contribution is 6.12. The molecule has 1 aromatic heterocycles. The van der Waals surface area contributed by atoms with E-state index in [9.17, 15) is 9.59 Å². The van der Waals surface area contributed by atoms with Crippen molar-refractivity contribution < 1.29 is 23.8 Å². The van der Waals surface area contributed by atoms with Crippen LogP contribution in [0.5, 0.6) is 5.75 Å². The Morgan fingerprint density at radius 3 is 2.57 bits per heavy atom. The van der Waals surface area contributed by atoms with E-state index in [0.29, 0.717) is 40.9 Å². The Hall–Kier alpha value is -2.56. The third-order valence-electron chi connectivity index (χ3n) is 3.12. The predicted molar refractivity (Wildman–Crippen MR) is 78.1 cm³/mol. The Morgan fingerprint density at radius 1 is 1.29 bits per heavy atom. The molecule has 0 atom stereocenters. The van der Waals surface area contributed by atoms with Gasteiger partial charge in [-0.3, -0.25) is 4.79 Å². The van der Waals surface area contributed by atoms with Crippen molar-refractivity contribution >= 4 is 22.7 Å². The number of rotatable bonds is 6. The van der Waals surface area contributed by atoms with Gasteiger partial charge in [0.05, 0.1) is 12.2 Å². The Kier molecular flexibility index (Phi) is 4.12. The zero-order chi connectivity index (χ0) is 15.6. The van der Waals surface area contributed by atoms with E-state index in [-0.39, 0.29) is 11.5 Å². The van der Waals surface area contributed by atoms with E-state index >= 15 is 0 Å². The summed E-state index contributed by atoms with van der Waals surface area (Å²) in [5, 5.41) is 9.50. The molecule has 1 heterocycles. The molecular formula is C16H16O5. The van der Waals surface area contributed by atoms with E-state index in [1.165, 1.54) is 6.07 Å². The van der Waals surface area contributed by atoms with E-state index in [2.05, 4.69) is 6.58 Å². The number of hydrogen-bond acceptors (Lipinski definition) is 4. The number of ether oxygens (including phenoxy) is 1. The van der Waals surface area contributed by atoms with Crippen LogP contribution in [0.1, 0.15) is 41.2 Å². The summed E-state index contributed by atoms with van der Waals surface area (Å²) in [6.45, 7) is 7.78. The van der Waals surface area contributed by atoms with Gasteiger partial charge >= 0.3 is 5.97 Å². The van der Waals surface area contributed by atoms with Crippen LogP contribution in [0.15, 0.2) is 34.8 Å². The lowest BCUT2D eigenvalue weighted by Crippen LogP contribution is -2.05. The molecule has 110 valence electrons. The van der Waals surface area contributed by atoms with Gasteiger partial charge in [-0.1, -0.05) is 13.5 Å². The van der Waals surface area contributed by atoms with E-state index in [0.717, 1.165) is 0 Å². The molecule has 0 unspecified atom stereocenters. The standard InChI is InChI=1S/C16H16O5/c1-4-9(3)15(17)11-6-10-7-14(16(18)19)21-12(10)8-13(11)20-5-2/h6-8H,3-5H2,1-2H3,(H,18,19). The average Bonchev–Trinajstić information content (AvgIpc) is 2.88. The highest BCUT2D eigenvalue weighted by atomic mass is 16.5. The molecular weight excluding hydrogens is 272 g/mol. The molecule has 5 heteroatoms. The molecule has 0 radical (unpaired) electrons. The number of carboxylic acids is 1. The fraction of sp³-hybridized carbons (Fsp3) is 0.250. The second-order valence-electron chi connectivity index (χ2n) is 4.52. The second kappa shape index (κ2) is 5.83. The summed E-state index contributed by atoms with van der Waals surface area (Å²) in [5.41, 5.74) is 1.21. The lowest BCUT2D eigenvalue weighted by Gasteiger charge is -2.10. The molecule has 0 saturated carbocycles. The maximum atomic E-state index is 12.3. The van der Waals surface area contributed by atoms with E-state index in [1.54, 1.807) is 19.1 Å². The van der Waals surface area contributed by atoms with E-state index < -0.39 is 5.97 Å². The smallest absolute Gasteiger partial charge is 0.371 e. The quantitative estimate of drug-likeness (QED) is 0.648. The van der Waals surface area contributed by atoms with Crippen LogP contribution in [-0.2, 0) is 0 Å². The molecule has 0 fully saturated rings. The molecule has 0 aliphatic carbocycles. The number of carbonyl (C=O) groups excluding carboxylic acids is 1. The minimum Gasteiger partial charge on any atom is -0.493 e. The number of aromatic carboxylic acids is 1. The maximum Gasteiger partial charge on any atom is 0.371 e. The molecule has 0 bridgehead atoms. The SMILES string of the molecule is C=C(CC)C(=O)c1cc2cc(C(=O)O)oc2cc1OCC. The number of carboxylic acid groups (broad SMARTS) is 1. The van der Waals surface area contributed by atoms with Gasteiger partial charge in [0.1, 0.15) is 11.3 Å². The van der Waals surface area contributed by atoms with Crippen molar-refractivity contribution in [2.45, 2.75) is 20.3 Å². The highest BCUT2D eigenvalue weighted by Gasteiger charge is 2.19. The van der Waals surface area contributed by atoms with Crippen LogP contribution in [-0.4, -0.2) is 23.5 Å². The zero-order valence-corrected chi connectivity index (χ0v) is 11.9.